The van der Waals surface area contributed by atoms with E-state index in [1.54, 1.807) is 0 Å². The van der Waals surface area contributed by atoms with Crippen LogP contribution in [-0.4, -0.2) is 4.98 Å². The van der Waals surface area contributed by atoms with Crippen LogP contribution in [-0.2, 0) is 0 Å². The minimum Gasteiger partial charge on any atom is -0.439 e. The summed E-state index contributed by atoms with van der Waals surface area (Å²) < 4.78 is 7.63. The lowest BCUT2D eigenvalue weighted by Gasteiger charge is -2.06. The molecule has 0 fully saturated rings. The summed E-state index contributed by atoms with van der Waals surface area (Å²) in [4.78, 5) is 4.31. The maximum absolute atomic E-state index is 5.62. The molecule has 1 aromatic carbocycles. The van der Waals surface area contributed by atoms with Crippen molar-refractivity contribution >= 4 is 31.9 Å². The van der Waals surface area contributed by atoms with Gasteiger partial charge in [-0.15, -0.1) is 0 Å². The highest BCUT2D eigenvalue weighted by Gasteiger charge is 2.01. The number of hydrogen-bond acceptors (Lipinski definition) is 2. The molecule has 1 aromatic heterocycles. The van der Waals surface area contributed by atoms with Crippen LogP contribution in [0.4, 0.5) is 0 Å². The quantitative estimate of drug-likeness (QED) is 0.788. The maximum Gasteiger partial charge on any atom is 0.219 e. The third kappa shape index (κ3) is 2.83. The standard InChI is InChI=1S/C12H9Br2NO/c1-8-11(14)6-7-12(15-8)16-10-4-2-9(13)3-5-10/h2-7H,1H3. The van der Waals surface area contributed by atoms with Crippen molar-refractivity contribution in [3.8, 4) is 11.6 Å². The number of hydrogen-bond donors (Lipinski definition) is 0. The molecule has 0 saturated heterocycles. The van der Waals surface area contributed by atoms with Crippen LogP contribution in [0.25, 0.3) is 0 Å². The highest BCUT2D eigenvalue weighted by molar-refractivity contribution is 9.10. The van der Waals surface area contributed by atoms with Crippen molar-refractivity contribution in [3.05, 3.63) is 51.0 Å². The monoisotopic (exact) mass is 341 g/mol. The van der Waals surface area contributed by atoms with Crippen LogP contribution >= 0.6 is 31.9 Å². The summed E-state index contributed by atoms with van der Waals surface area (Å²) in [6.45, 7) is 1.93. The molecule has 0 atom stereocenters. The third-order valence-electron chi connectivity index (χ3n) is 2.03. The lowest BCUT2D eigenvalue weighted by atomic mass is 10.3. The number of rotatable bonds is 2. The van der Waals surface area contributed by atoms with Crippen LogP contribution in [0.1, 0.15) is 5.69 Å². The summed E-state index contributed by atoms with van der Waals surface area (Å²) in [5, 5.41) is 0. The van der Waals surface area contributed by atoms with Gasteiger partial charge in [-0.05, 0) is 53.2 Å². The molecule has 4 heteroatoms. The number of nitrogens with zero attached hydrogens (tertiary/aromatic N) is 1. The van der Waals surface area contributed by atoms with Crippen molar-refractivity contribution in [1.82, 2.24) is 4.98 Å². The fourth-order valence-electron chi connectivity index (χ4n) is 1.20. The van der Waals surface area contributed by atoms with Gasteiger partial charge in [-0.3, -0.25) is 0 Å². The molecule has 0 aliphatic carbocycles. The van der Waals surface area contributed by atoms with E-state index in [2.05, 4.69) is 36.8 Å². The van der Waals surface area contributed by atoms with Gasteiger partial charge in [0.15, 0.2) is 0 Å². The van der Waals surface area contributed by atoms with Gasteiger partial charge in [-0.25, -0.2) is 4.98 Å². The predicted octanol–water partition coefficient (Wildman–Crippen LogP) is 4.71. The van der Waals surface area contributed by atoms with Gasteiger partial charge in [0.25, 0.3) is 0 Å². The van der Waals surface area contributed by atoms with Crippen molar-refractivity contribution in [2.75, 3.05) is 0 Å². The SMILES string of the molecule is Cc1nc(Oc2ccc(Br)cc2)ccc1Br. The smallest absolute Gasteiger partial charge is 0.219 e. The highest BCUT2D eigenvalue weighted by atomic mass is 79.9. The number of benzene rings is 1. The van der Waals surface area contributed by atoms with Crippen molar-refractivity contribution in [2.45, 2.75) is 6.92 Å². The summed E-state index contributed by atoms with van der Waals surface area (Å²) in [5.74, 6) is 1.38. The van der Waals surface area contributed by atoms with Gasteiger partial charge in [0.2, 0.25) is 5.88 Å². The molecular formula is C12H9Br2NO. The third-order valence-corrected chi connectivity index (χ3v) is 3.40. The molecule has 2 rings (SSSR count). The first-order chi connectivity index (χ1) is 7.65. The topological polar surface area (TPSA) is 22.1 Å². The summed E-state index contributed by atoms with van der Waals surface area (Å²) in [6.07, 6.45) is 0. The Labute approximate surface area is 111 Å². The lowest BCUT2D eigenvalue weighted by Crippen LogP contribution is -1.90. The van der Waals surface area contributed by atoms with Gasteiger partial charge >= 0.3 is 0 Å². The zero-order valence-electron chi connectivity index (χ0n) is 8.58. The Morgan fingerprint density at radius 1 is 1.00 bits per heavy atom. The molecule has 16 heavy (non-hydrogen) atoms. The summed E-state index contributed by atoms with van der Waals surface area (Å²) in [7, 11) is 0. The van der Waals surface area contributed by atoms with Gasteiger partial charge < -0.3 is 4.74 Å². The first kappa shape index (κ1) is 11.6. The van der Waals surface area contributed by atoms with Gasteiger partial charge in [0.05, 0.1) is 5.69 Å². The fourth-order valence-corrected chi connectivity index (χ4v) is 1.69. The van der Waals surface area contributed by atoms with Crippen LogP contribution in [0.3, 0.4) is 0 Å². The van der Waals surface area contributed by atoms with Gasteiger partial charge in [-0.2, -0.15) is 0 Å². The second-order valence-corrected chi connectivity index (χ2v) is 5.04. The molecule has 0 radical (unpaired) electrons. The van der Waals surface area contributed by atoms with E-state index < -0.39 is 0 Å². The lowest BCUT2D eigenvalue weighted by molar-refractivity contribution is 0.461. The Morgan fingerprint density at radius 2 is 1.69 bits per heavy atom. The maximum atomic E-state index is 5.62. The summed E-state index contributed by atoms with van der Waals surface area (Å²) in [6, 6.07) is 11.4. The van der Waals surface area contributed by atoms with Crippen LogP contribution in [0, 0.1) is 6.92 Å². The van der Waals surface area contributed by atoms with Gasteiger partial charge in [0.1, 0.15) is 5.75 Å². The molecule has 0 saturated carbocycles. The summed E-state index contributed by atoms with van der Waals surface area (Å²) in [5.41, 5.74) is 0.912. The van der Waals surface area contributed by atoms with Crippen molar-refractivity contribution in [3.63, 3.8) is 0 Å². The average molecular weight is 343 g/mol. The predicted molar refractivity (Wildman–Crippen MR) is 70.9 cm³/mol. The van der Waals surface area contributed by atoms with Crippen molar-refractivity contribution in [1.29, 1.82) is 0 Å². The molecule has 1 heterocycles. The molecule has 2 nitrogen and oxygen atoms in total. The van der Waals surface area contributed by atoms with Crippen LogP contribution in [0.15, 0.2) is 45.3 Å². The van der Waals surface area contributed by atoms with E-state index in [9.17, 15) is 0 Å². The summed E-state index contributed by atoms with van der Waals surface area (Å²) >= 11 is 6.77. The molecule has 0 aliphatic rings. The van der Waals surface area contributed by atoms with Gasteiger partial charge in [0, 0.05) is 15.0 Å². The molecule has 0 N–H and O–H groups in total. The first-order valence-electron chi connectivity index (χ1n) is 4.72. The largest absolute Gasteiger partial charge is 0.439 e. The number of pyridine rings is 1. The average Bonchev–Trinajstić information content (AvgIpc) is 2.27. The second-order valence-electron chi connectivity index (χ2n) is 3.27. The van der Waals surface area contributed by atoms with E-state index in [1.807, 2.05) is 43.3 Å². The second kappa shape index (κ2) is 4.97. The van der Waals surface area contributed by atoms with E-state index in [4.69, 9.17) is 4.74 Å². The molecular weight excluding hydrogens is 334 g/mol. The molecule has 0 amide bonds. The Balaban J connectivity index is 2.20. The van der Waals surface area contributed by atoms with E-state index >= 15 is 0 Å². The number of aryl methyl sites for hydroxylation is 1. The Hall–Kier alpha value is -0.870. The van der Waals surface area contributed by atoms with Crippen molar-refractivity contribution < 1.29 is 4.74 Å². The minimum atomic E-state index is 0.600. The first-order valence-corrected chi connectivity index (χ1v) is 6.30. The molecule has 2 aromatic rings. The van der Waals surface area contributed by atoms with E-state index in [-0.39, 0.29) is 0 Å². The number of ether oxygens (including phenoxy) is 1. The van der Waals surface area contributed by atoms with E-state index in [1.165, 1.54) is 0 Å². The van der Waals surface area contributed by atoms with Crippen LogP contribution < -0.4 is 4.74 Å². The van der Waals surface area contributed by atoms with E-state index in [0.717, 1.165) is 20.4 Å². The Kier molecular flexibility index (Phi) is 3.61. The van der Waals surface area contributed by atoms with Crippen LogP contribution in [0.5, 0.6) is 11.6 Å². The van der Waals surface area contributed by atoms with Crippen LogP contribution in [0.2, 0.25) is 0 Å². The fraction of sp³-hybridized carbons (Fsp3) is 0.0833. The molecule has 0 aliphatic heterocycles. The molecule has 82 valence electrons. The number of aromatic nitrogens is 1. The van der Waals surface area contributed by atoms with Crippen molar-refractivity contribution in [2.24, 2.45) is 0 Å². The zero-order chi connectivity index (χ0) is 11.5. The normalized spacial score (nSPS) is 10.2. The molecule has 0 bridgehead atoms. The Morgan fingerprint density at radius 3 is 2.31 bits per heavy atom. The Bertz CT molecular complexity index is 497. The molecule has 0 unspecified atom stereocenters. The van der Waals surface area contributed by atoms with Gasteiger partial charge in [-0.1, -0.05) is 15.9 Å². The highest BCUT2D eigenvalue weighted by Crippen LogP contribution is 2.24. The van der Waals surface area contributed by atoms with E-state index in [0.29, 0.717) is 5.88 Å². The zero-order valence-corrected chi connectivity index (χ0v) is 11.7. The number of halogens is 2. The minimum absolute atomic E-state index is 0.600. The molecule has 0 spiro atoms.